The summed E-state index contributed by atoms with van der Waals surface area (Å²) in [5.41, 5.74) is 0.124. The van der Waals surface area contributed by atoms with Crippen LogP contribution in [-0.2, 0) is 11.8 Å². The lowest BCUT2D eigenvalue weighted by Gasteiger charge is -2.20. The SMILES string of the molecule is Cn1c(SCC(=O)NC(C)(C)C)nnc1-c1ccccc1F. The first-order valence-corrected chi connectivity index (χ1v) is 7.84. The molecule has 2 rings (SSSR count). The lowest BCUT2D eigenvalue weighted by molar-refractivity contribution is -0.119. The van der Waals surface area contributed by atoms with E-state index in [0.717, 1.165) is 0 Å². The van der Waals surface area contributed by atoms with Crippen LogP contribution in [0.25, 0.3) is 11.4 Å². The number of benzene rings is 1. The molecule has 0 bridgehead atoms. The van der Waals surface area contributed by atoms with Crippen LogP contribution in [0.3, 0.4) is 0 Å². The van der Waals surface area contributed by atoms with Gasteiger partial charge in [0.2, 0.25) is 5.91 Å². The zero-order chi connectivity index (χ0) is 16.3. The smallest absolute Gasteiger partial charge is 0.230 e. The molecule has 1 aromatic heterocycles. The topological polar surface area (TPSA) is 59.8 Å². The predicted molar refractivity (Wildman–Crippen MR) is 85.0 cm³/mol. The van der Waals surface area contributed by atoms with E-state index in [9.17, 15) is 9.18 Å². The maximum atomic E-state index is 13.8. The Morgan fingerprint density at radius 3 is 2.64 bits per heavy atom. The molecule has 0 unspecified atom stereocenters. The predicted octanol–water partition coefficient (Wildman–Crippen LogP) is 2.63. The molecule has 1 amide bonds. The zero-order valence-electron chi connectivity index (χ0n) is 13.1. The Hall–Kier alpha value is -1.89. The van der Waals surface area contributed by atoms with Crippen LogP contribution in [0, 0.1) is 5.82 Å². The van der Waals surface area contributed by atoms with E-state index in [1.54, 1.807) is 29.8 Å². The third kappa shape index (κ3) is 4.07. The van der Waals surface area contributed by atoms with E-state index in [-0.39, 0.29) is 23.0 Å². The molecule has 2 aromatic rings. The van der Waals surface area contributed by atoms with E-state index in [4.69, 9.17) is 0 Å². The molecule has 0 aliphatic carbocycles. The van der Waals surface area contributed by atoms with Crippen molar-refractivity contribution in [3.63, 3.8) is 0 Å². The van der Waals surface area contributed by atoms with Gasteiger partial charge in [-0.25, -0.2) is 4.39 Å². The first kappa shape index (κ1) is 16.5. The molecule has 1 aromatic carbocycles. The summed E-state index contributed by atoms with van der Waals surface area (Å²) in [5, 5.41) is 11.5. The highest BCUT2D eigenvalue weighted by Gasteiger charge is 2.17. The molecule has 0 saturated carbocycles. The molecule has 7 heteroatoms. The van der Waals surface area contributed by atoms with E-state index < -0.39 is 0 Å². The van der Waals surface area contributed by atoms with Crippen LogP contribution in [-0.4, -0.2) is 32.0 Å². The number of hydrogen-bond donors (Lipinski definition) is 1. The average molecular weight is 322 g/mol. The molecule has 0 radical (unpaired) electrons. The fourth-order valence-electron chi connectivity index (χ4n) is 1.90. The van der Waals surface area contributed by atoms with Gasteiger partial charge in [0.1, 0.15) is 5.82 Å². The fraction of sp³-hybridized carbons (Fsp3) is 0.400. The number of carbonyl (C=O) groups is 1. The quantitative estimate of drug-likeness (QED) is 0.879. The summed E-state index contributed by atoms with van der Waals surface area (Å²) in [6, 6.07) is 6.41. The number of carbonyl (C=O) groups excluding carboxylic acids is 1. The minimum atomic E-state index is -0.347. The van der Waals surface area contributed by atoms with Gasteiger partial charge in [0.05, 0.1) is 11.3 Å². The molecular weight excluding hydrogens is 303 g/mol. The van der Waals surface area contributed by atoms with E-state index in [1.165, 1.54) is 17.8 Å². The summed E-state index contributed by atoms with van der Waals surface area (Å²) in [7, 11) is 1.76. The fourth-order valence-corrected chi connectivity index (χ4v) is 2.61. The van der Waals surface area contributed by atoms with Gasteiger partial charge in [-0.1, -0.05) is 23.9 Å². The third-order valence-corrected chi connectivity index (χ3v) is 3.82. The number of nitrogens with one attached hydrogen (secondary N) is 1. The van der Waals surface area contributed by atoms with E-state index in [1.807, 2.05) is 20.8 Å². The number of nitrogens with zero attached hydrogens (tertiary/aromatic N) is 3. The van der Waals surface area contributed by atoms with E-state index in [0.29, 0.717) is 16.5 Å². The van der Waals surface area contributed by atoms with Crippen molar-refractivity contribution in [2.45, 2.75) is 31.5 Å². The number of aromatic nitrogens is 3. The van der Waals surface area contributed by atoms with Gasteiger partial charge in [-0.05, 0) is 32.9 Å². The molecule has 22 heavy (non-hydrogen) atoms. The lowest BCUT2D eigenvalue weighted by atomic mass is 10.1. The molecule has 5 nitrogen and oxygen atoms in total. The molecule has 0 aliphatic rings. The van der Waals surface area contributed by atoms with Gasteiger partial charge in [0.15, 0.2) is 11.0 Å². The van der Waals surface area contributed by atoms with E-state index in [2.05, 4.69) is 15.5 Å². The van der Waals surface area contributed by atoms with Gasteiger partial charge in [-0.15, -0.1) is 10.2 Å². The third-order valence-electron chi connectivity index (χ3n) is 2.80. The van der Waals surface area contributed by atoms with Crippen molar-refractivity contribution in [3.05, 3.63) is 30.1 Å². The Morgan fingerprint density at radius 1 is 1.32 bits per heavy atom. The van der Waals surface area contributed by atoms with Gasteiger partial charge >= 0.3 is 0 Å². The van der Waals surface area contributed by atoms with Crippen LogP contribution in [0.4, 0.5) is 4.39 Å². The highest BCUT2D eigenvalue weighted by Crippen LogP contribution is 2.24. The maximum absolute atomic E-state index is 13.8. The first-order chi connectivity index (χ1) is 10.3. The highest BCUT2D eigenvalue weighted by molar-refractivity contribution is 7.99. The molecule has 1 heterocycles. The van der Waals surface area contributed by atoms with Crippen LogP contribution in [0.2, 0.25) is 0 Å². The number of hydrogen-bond acceptors (Lipinski definition) is 4. The molecular formula is C15H19FN4OS. The second-order valence-corrected chi connectivity index (χ2v) is 6.87. The van der Waals surface area contributed by atoms with Crippen molar-refractivity contribution >= 4 is 17.7 Å². The molecule has 0 spiro atoms. The molecule has 0 aliphatic heterocycles. The van der Waals surface area contributed by atoms with Crippen molar-refractivity contribution in [1.29, 1.82) is 0 Å². The Kier molecular flexibility index (Phi) is 4.85. The average Bonchev–Trinajstić information content (AvgIpc) is 2.76. The molecule has 0 atom stereocenters. The summed E-state index contributed by atoms with van der Waals surface area (Å²) in [5.74, 6) is 0.255. The summed E-state index contributed by atoms with van der Waals surface area (Å²) in [4.78, 5) is 11.8. The number of halogens is 1. The number of rotatable bonds is 4. The second kappa shape index (κ2) is 6.48. The molecule has 118 valence electrons. The lowest BCUT2D eigenvalue weighted by Crippen LogP contribution is -2.41. The van der Waals surface area contributed by atoms with Crippen molar-refractivity contribution in [2.75, 3.05) is 5.75 Å². The van der Waals surface area contributed by atoms with E-state index >= 15 is 0 Å². The van der Waals surface area contributed by atoms with Crippen LogP contribution < -0.4 is 5.32 Å². The van der Waals surface area contributed by atoms with Gasteiger partial charge < -0.3 is 9.88 Å². The standard InChI is InChI=1S/C15H19FN4OS/c1-15(2,3)17-12(21)9-22-14-19-18-13(20(14)4)10-7-5-6-8-11(10)16/h5-8H,9H2,1-4H3,(H,17,21). The van der Waals surface area contributed by atoms with Crippen molar-refractivity contribution < 1.29 is 9.18 Å². The summed E-state index contributed by atoms with van der Waals surface area (Å²) >= 11 is 1.27. The summed E-state index contributed by atoms with van der Waals surface area (Å²) in [6.07, 6.45) is 0. The Bertz CT molecular complexity index is 678. The van der Waals surface area contributed by atoms with Crippen LogP contribution in [0.15, 0.2) is 29.4 Å². The zero-order valence-corrected chi connectivity index (χ0v) is 13.9. The van der Waals surface area contributed by atoms with Crippen LogP contribution >= 0.6 is 11.8 Å². The van der Waals surface area contributed by atoms with Crippen molar-refractivity contribution in [2.24, 2.45) is 7.05 Å². The highest BCUT2D eigenvalue weighted by atomic mass is 32.2. The summed E-state index contributed by atoms with van der Waals surface area (Å²) < 4.78 is 15.5. The Morgan fingerprint density at radius 2 is 2.00 bits per heavy atom. The van der Waals surface area contributed by atoms with Crippen LogP contribution in [0.5, 0.6) is 0 Å². The maximum Gasteiger partial charge on any atom is 0.230 e. The normalized spacial score (nSPS) is 11.5. The molecule has 1 N–H and O–H groups in total. The Balaban J connectivity index is 2.09. The second-order valence-electron chi connectivity index (χ2n) is 5.93. The largest absolute Gasteiger partial charge is 0.351 e. The van der Waals surface area contributed by atoms with Gasteiger partial charge in [0, 0.05) is 12.6 Å². The molecule has 0 fully saturated rings. The van der Waals surface area contributed by atoms with Crippen molar-refractivity contribution in [1.82, 2.24) is 20.1 Å². The monoisotopic (exact) mass is 322 g/mol. The van der Waals surface area contributed by atoms with Gasteiger partial charge in [-0.2, -0.15) is 0 Å². The van der Waals surface area contributed by atoms with Gasteiger partial charge in [0.25, 0.3) is 0 Å². The molecule has 0 saturated heterocycles. The summed E-state index contributed by atoms with van der Waals surface area (Å²) in [6.45, 7) is 5.77. The van der Waals surface area contributed by atoms with Gasteiger partial charge in [-0.3, -0.25) is 4.79 Å². The number of amides is 1. The minimum absolute atomic E-state index is 0.0760. The van der Waals surface area contributed by atoms with Crippen LogP contribution in [0.1, 0.15) is 20.8 Å². The minimum Gasteiger partial charge on any atom is -0.351 e. The first-order valence-electron chi connectivity index (χ1n) is 6.86. The van der Waals surface area contributed by atoms with Crippen molar-refractivity contribution in [3.8, 4) is 11.4 Å². The Labute approximate surface area is 133 Å². The number of thioether (sulfide) groups is 1.